The highest BCUT2D eigenvalue weighted by molar-refractivity contribution is 7.15. The highest BCUT2D eigenvalue weighted by Gasteiger charge is 2.32. The zero-order valence-electron chi connectivity index (χ0n) is 22.1. The summed E-state index contributed by atoms with van der Waals surface area (Å²) < 4.78 is 2.08. The molecule has 0 radical (unpaired) electrons. The Morgan fingerprint density at radius 2 is 1.81 bits per heavy atom. The Balaban J connectivity index is 1.59. The zero-order valence-corrected chi connectivity index (χ0v) is 23.7. The van der Waals surface area contributed by atoms with Gasteiger partial charge in [0.1, 0.15) is 16.9 Å². The van der Waals surface area contributed by atoms with Crippen LogP contribution in [0, 0.1) is 26.2 Å². The number of fused-ring (bicyclic) bond motifs is 3. The summed E-state index contributed by atoms with van der Waals surface area (Å²) in [4.78, 5) is 19.4. The van der Waals surface area contributed by atoms with Gasteiger partial charge in [-0.25, -0.2) is 0 Å². The Kier molecular flexibility index (Phi) is 8.00. The summed E-state index contributed by atoms with van der Waals surface area (Å²) in [6, 6.07) is 7.31. The molecule has 0 fully saturated rings. The average Bonchev–Trinajstić information content (AvgIpc) is 3.28. The molecule has 192 valence electrons. The van der Waals surface area contributed by atoms with Crippen LogP contribution in [0.4, 0.5) is 0 Å². The van der Waals surface area contributed by atoms with Crippen molar-refractivity contribution in [2.45, 2.75) is 79.7 Å². The Bertz CT molecular complexity index is 1270. The van der Waals surface area contributed by atoms with Crippen LogP contribution in [-0.2, 0) is 4.79 Å². The van der Waals surface area contributed by atoms with Gasteiger partial charge in [0.05, 0.1) is 12.1 Å². The first-order valence-corrected chi connectivity index (χ1v) is 13.9. The molecule has 4 rings (SSSR count). The highest BCUT2D eigenvalue weighted by atomic mass is 35.5. The van der Waals surface area contributed by atoms with Crippen LogP contribution in [-0.4, -0.2) is 32.9 Å². The number of hydrogen-bond acceptors (Lipinski definition) is 5. The first-order chi connectivity index (χ1) is 17.0. The molecule has 2 aromatic heterocycles. The lowest BCUT2D eigenvalue weighted by atomic mass is 9.89. The summed E-state index contributed by atoms with van der Waals surface area (Å²) in [7, 11) is 0. The number of amides is 1. The summed E-state index contributed by atoms with van der Waals surface area (Å²) in [6.07, 6.45) is 4.71. The fourth-order valence-corrected chi connectivity index (χ4v) is 5.91. The van der Waals surface area contributed by atoms with Gasteiger partial charge in [-0.15, -0.1) is 21.5 Å². The summed E-state index contributed by atoms with van der Waals surface area (Å²) >= 11 is 7.89. The minimum absolute atomic E-state index is 0.0135. The molecule has 0 unspecified atom stereocenters. The van der Waals surface area contributed by atoms with Crippen molar-refractivity contribution >= 4 is 34.6 Å². The number of aliphatic imine (C=N–C) groups is 1. The fourth-order valence-electron chi connectivity index (χ4n) is 4.57. The van der Waals surface area contributed by atoms with Crippen LogP contribution >= 0.6 is 22.9 Å². The van der Waals surface area contributed by atoms with Crippen LogP contribution in [0.3, 0.4) is 0 Å². The van der Waals surface area contributed by atoms with E-state index in [2.05, 4.69) is 54.7 Å². The summed E-state index contributed by atoms with van der Waals surface area (Å²) in [6.45, 7) is 13.7. The lowest BCUT2D eigenvalue weighted by molar-refractivity contribution is -0.121. The predicted molar refractivity (Wildman–Crippen MR) is 149 cm³/mol. The van der Waals surface area contributed by atoms with Crippen molar-refractivity contribution in [3.63, 3.8) is 0 Å². The Morgan fingerprint density at radius 1 is 1.08 bits per heavy atom. The minimum Gasteiger partial charge on any atom is -0.356 e. The number of aryl methyl sites for hydroxylation is 2. The lowest BCUT2D eigenvalue weighted by Gasteiger charge is -2.17. The van der Waals surface area contributed by atoms with Gasteiger partial charge in [0.15, 0.2) is 5.82 Å². The maximum absolute atomic E-state index is 13.0. The van der Waals surface area contributed by atoms with Gasteiger partial charge in [-0.3, -0.25) is 14.4 Å². The Morgan fingerprint density at radius 3 is 2.50 bits per heavy atom. The quantitative estimate of drug-likeness (QED) is 0.325. The average molecular weight is 526 g/mol. The van der Waals surface area contributed by atoms with Crippen molar-refractivity contribution in [1.82, 2.24) is 20.1 Å². The van der Waals surface area contributed by atoms with Crippen LogP contribution in [0.15, 0.2) is 29.3 Å². The largest absolute Gasteiger partial charge is 0.356 e. The van der Waals surface area contributed by atoms with Crippen LogP contribution in [0.25, 0.3) is 5.00 Å². The van der Waals surface area contributed by atoms with E-state index in [0.29, 0.717) is 22.8 Å². The van der Waals surface area contributed by atoms with Gasteiger partial charge in [-0.05, 0) is 56.7 Å². The van der Waals surface area contributed by atoms with Crippen LogP contribution in [0.1, 0.15) is 92.1 Å². The molecule has 1 amide bonds. The van der Waals surface area contributed by atoms with Gasteiger partial charge in [0.2, 0.25) is 5.91 Å². The summed E-state index contributed by atoms with van der Waals surface area (Å²) in [5.41, 5.74) is 4.46. The van der Waals surface area contributed by atoms with E-state index in [1.165, 1.54) is 23.3 Å². The molecular formula is C28H36ClN5OS. The van der Waals surface area contributed by atoms with Gasteiger partial charge in [0, 0.05) is 27.6 Å². The second kappa shape index (κ2) is 10.9. The molecule has 36 heavy (non-hydrogen) atoms. The van der Waals surface area contributed by atoms with Gasteiger partial charge in [-0.1, -0.05) is 57.3 Å². The number of aromatic nitrogens is 3. The molecule has 1 atom stereocenters. The molecule has 0 aliphatic carbocycles. The normalized spacial score (nSPS) is 15.2. The topological polar surface area (TPSA) is 72.2 Å². The number of nitrogens with one attached hydrogen (secondary N) is 1. The molecule has 0 spiro atoms. The van der Waals surface area contributed by atoms with Crippen molar-refractivity contribution in [3.05, 3.63) is 62.5 Å². The molecular weight excluding hydrogens is 490 g/mol. The number of nitrogens with zero attached hydrogens (tertiary/aromatic N) is 4. The Labute approximate surface area is 223 Å². The van der Waals surface area contributed by atoms with E-state index in [1.54, 1.807) is 11.3 Å². The van der Waals surface area contributed by atoms with Crippen molar-refractivity contribution in [1.29, 1.82) is 0 Å². The van der Waals surface area contributed by atoms with E-state index in [-0.39, 0.29) is 12.3 Å². The predicted octanol–water partition coefficient (Wildman–Crippen LogP) is 6.91. The fraction of sp³-hybridized carbons (Fsp3) is 0.500. The summed E-state index contributed by atoms with van der Waals surface area (Å²) in [5, 5.41) is 13.7. The minimum atomic E-state index is -0.433. The van der Waals surface area contributed by atoms with Crippen LogP contribution < -0.4 is 5.32 Å². The first-order valence-electron chi connectivity index (χ1n) is 12.7. The third-order valence-electron chi connectivity index (χ3n) is 6.66. The van der Waals surface area contributed by atoms with Gasteiger partial charge in [0.25, 0.3) is 0 Å². The number of carbonyl (C=O) groups excluding carboxylic acids is 1. The van der Waals surface area contributed by atoms with E-state index in [0.717, 1.165) is 40.5 Å². The van der Waals surface area contributed by atoms with Crippen molar-refractivity contribution < 1.29 is 4.79 Å². The standard InChI is InChI=1S/C28H36ClN5OS/c1-17-18(2)36-27-24(17)25(20-10-12-21(29)13-11-20)31-22(26-33-32-19(3)34(26)27)16-23(35)30-15-9-7-8-14-28(4,5)6/h10-13,22H,7-9,14-16H2,1-6H3,(H,30,35)/t22-/m0/s1. The first kappa shape index (κ1) is 26.6. The van der Waals surface area contributed by atoms with E-state index in [1.807, 2.05) is 31.2 Å². The second-order valence-electron chi connectivity index (χ2n) is 10.8. The SMILES string of the molecule is Cc1sc2c(c1C)C(c1ccc(Cl)cc1)=N[C@@H](CC(=O)NCCCCCC(C)(C)C)c1nnc(C)n1-2. The highest BCUT2D eigenvalue weighted by Crippen LogP contribution is 2.39. The van der Waals surface area contributed by atoms with Crippen molar-refractivity contribution in [3.8, 4) is 5.00 Å². The Hall–Kier alpha value is -2.51. The third-order valence-corrected chi connectivity index (χ3v) is 8.11. The zero-order chi connectivity index (χ0) is 26.0. The lowest BCUT2D eigenvalue weighted by Crippen LogP contribution is -2.26. The second-order valence-corrected chi connectivity index (χ2v) is 12.5. The van der Waals surface area contributed by atoms with E-state index in [4.69, 9.17) is 16.6 Å². The molecule has 0 saturated carbocycles. The number of thiophene rings is 1. The van der Waals surface area contributed by atoms with E-state index < -0.39 is 6.04 Å². The maximum atomic E-state index is 13.0. The third kappa shape index (κ3) is 5.89. The number of hydrogen-bond donors (Lipinski definition) is 1. The molecule has 8 heteroatoms. The van der Waals surface area contributed by atoms with Gasteiger partial charge < -0.3 is 5.32 Å². The van der Waals surface area contributed by atoms with Crippen molar-refractivity contribution in [2.75, 3.05) is 6.54 Å². The number of unbranched alkanes of at least 4 members (excludes halogenated alkanes) is 2. The van der Waals surface area contributed by atoms with E-state index in [9.17, 15) is 4.79 Å². The summed E-state index contributed by atoms with van der Waals surface area (Å²) in [5.74, 6) is 1.49. The molecule has 1 aliphatic heterocycles. The molecule has 3 heterocycles. The van der Waals surface area contributed by atoms with Gasteiger partial charge >= 0.3 is 0 Å². The number of carbonyl (C=O) groups is 1. The molecule has 1 N–H and O–H groups in total. The van der Waals surface area contributed by atoms with Crippen LogP contribution in [0.2, 0.25) is 5.02 Å². The molecule has 0 saturated heterocycles. The van der Waals surface area contributed by atoms with E-state index >= 15 is 0 Å². The maximum Gasteiger partial charge on any atom is 0.222 e. The number of benzene rings is 1. The smallest absolute Gasteiger partial charge is 0.222 e. The van der Waals surface area contributed by atoms with Gasteiger partial charge in [-0.2, -0.15) is 0 Å². The number of halogens is 1. The molecule has 3 aromatic rings. The van der Waals surface area contributed by atoms with Crippen LogP contribution in [0.5, 0.6) is 0 Å². The molecule has 6 nitrogen and oxygen atoms in total. The molecule has 1 aromatic carbocycles. The number of rotatable bonds is 8. The van der Waals surface area contributed by atoms with Crippen molar-refractivity contribution in [2.24, 2.45) is 10.4 Å². The monoisotopic (exact) mass is 525 g/mol. The molecule has 1 aliphatic rings. The molecule has 0 bridgehead atoms.